The maximum Gasteiger partial charge on any atom is 0.416 e. The zero-order valence-corrected chi connectivity index (χ0v) is 10.1. The molecule has 6 heteroatoms. The number of alkyl halides is 3. The van der Waals surface area contributed by atoms with Crippen molar-refractivity contribution in [3.63, 3.8) is 0 Å². The van der Waals surface area contributed by atoms with Gasteiger partial charge in [-0.1, -0.05) is 12.1 Å². The Morgan fingerprint density at radius 2 is 2.05 bits per heavy atom. The molecule has 2 rings (SSSR count). The topological polar surface area (TPSA) is 49.3 Å². The lowest BCUT2D eigenvalue weighted by Crippen LogP contribution is -2.42. The fourth-order valence-corrected chi connectivity index (χ4v) is 2.33. The minimum atomic E-state index is -4.38. The van der Waals surface area contributed by atoms with Crippen molar-refractivity contribution in [3.8, 4) is 0 Å². The Kier molecular flexibility index (Phi) is 3.80. The van der Waals surface area contributed by atoms with Gasteiger partial charge in [0.2, 0.25) is 0 Å². The van der Waals surface area contributed by atoms with Gasteiger partial charge in [0.05, 0.1) is 5.56 Å². The third-order valence-electron chi connectivity index (χ3n) is 3.30. The molecule has 1 heterocycles. The SMILES string of the molecule is O=C(O)C1CCCC(c2cccc(C(F)(F)F)c2)N1. The molecule has 0 aromatic heterocycles. The number of piperidine rings is 1. The van der Waals surface area contributed by atoms with Crippen molar-refractivity contribution in [2.45, 2.75) is 37.5 Å². The van der Waals surface area contributed by atoms with Crippen molar-refractivity contribution in [1.82, 2.24) is 5.32 Å². The van der Waals surface area contributed by atoms with Crippen LogP contribution in [0.1, 0.15) is 36.4 Å². The molecule has 0 aliphatic carbocycles. The van der Waals surface area contributed by atoms with E-state index >= 15 is 0 Å². The van der Waals surface area contributed by atoms with Crippen LogP contribution in [0.2, 0.25) is 0 Å². The van der Waals surface area contributed by atoms with Crippen molar-refractivity contribution >= 4 is 5.97 Å². The average Bonchev–Trinajstić information content (AvgIpc) is 2.38. The van der Waals surface area contributed by atoms with Crippen LogP contribution in [0.3, 0.4) is 0 Å². The predicted molar refractivity (Wildman–Crippen MR) is 62.6 cm³/mol. The minimum absolute atomic E-state index is 0.336. The minimum Gasteiger partial charge on any atom is -0.480 e. The summed E-state index contributed by atoms with van der Waals surface area (Å²) in [6.07, 6.45) is -2.54. The molecule has 0 spiro atoms. The Morgan fingerprint density at radius 1 is 1.32 bits per heavy atom. The molecule has 2 N–H and O–H groups in total. The van der Waals surface area contributed by atoms with E-state index in [1.54, 1.807) is 6.07 Å². The van der Waals surface area contributed by atoms with E-state index in [4.69, 9.17) is 5.11 Å². The van der Waals surface area contributed by atoms with E-state index in [9.17, 15) is 18.0 Å². The molecule has 2 unspecified atom stereocenters. The van der Waals surface area contributed by atoms with Gasteiger partial charge in [-0.2, -0.15) is 13.2 Å². The van der Waals surface area contributed by atoms with Gasteiger partial charge in [-0.25, -0.2) is 0 Å². The molecule has 0 radical (unpaired) electrons. The summed E-state index contributed by atoms with van der Waals surface area (Å²) in [4.78, 5) is 10.9. The molecule has 1 aromatic rings. The van der Waals surface area contributed by atoms with Crippen molar-refractivity contribution < 1.29 is 23.1 Å². The van der Waals surface area contributed by atoms with E-state index in [0.717, 1.165) is 12.1 Å². The van der Waals surface area contributed by atoms with E-state index < -0.39 is 23.8 Å². The normalized spacial score (nSPS) is 24.2. The second-order valence-electron chi connectivity index (χ2n) is 4.66. The smallest absolute Gasteiger partial charge is 0.416 e. The molecule has 2 atom stereocenters. The van der Waals surface area contributed by atoms with Crippen molar-refractivity contribution in [2.24, 2.45) is 0 Å². The number of hydrogen-bond acceptors (Lipinski definition) is 2. The van der Waals surface area contributed by atoms with Gasteiger partial charge < -0.3 is 5.11 Å². The molecule has 1 aliphatic heterocycles. The first-order valence-corrected chi connectivity index (χ1v) is 6.04. The summed E-state index contributed by atoms with van der Waals surface area (Å²) in [6, 6.07) is 4.02. The zero-order chi connectivity index (χ0) is 14.0. The number of carbonyl (C=O) groups is 1. The number of hydrogen-bond donors (Lipinski definition) is 2. The number of carboxylic acid groups (broad SMARTS) is 1. The highest BCUT2D eigenvalue weighted by Gasteiger charge is 2.32. The van der Waals surface area contributed by atoms with Crippen molar-refractivity contribution in [3.05, 3.63) is 35.4 Å². The highest BCUT2D eigenvalue weighted by Crippen LogP contribution is 2.32. The average molecular weight is 273 g/mol. The molecule has 19 heavy (non-hydrogen) atoms. The molecular formula is C13H14F3NO2. The van der Waals surface area contributed by atoms with Gasteiger partial charge in [0.15, 0.2) is 0 Å². The van der Waals surface area contributed by atoms with Gasteiger partial charge in [0, 0.05) is 6.04 Å². The van der Waals surface area contributed by atoms with Crippen molar-refractivity contribution in [1.29, 1.82) is 0 Å². The van der Waals surface area contributed by atoms with Gasteiger partial charge in [0.25, 0.3) is 0 Å². The van der Waals surface area contributed by atoms with Crippen LogP contribution in [0.15, 0.2) is 24.3 Å². The quantitative estimate of drug-likeness (QED) is 0.871. The summed E-state index contributed by atoms with van der Waals surface area (Å²) in [5.41, 5.74) is -0.218. The summed E-state index contributed by atoms with van der Waals surface area (Å²) in [6.45, 7) is 0. The first-order valence-electron chi connectivity index (χ1n) is 6.04. The number of carboxylic acids is 1. The third kappa shape index (κ3) is 3.26. The van der Waals surface area contributed by atoms with Gasteiger partial charge >= 0.3 is 12.1 Å². The molecule has 0 amide bonds. The van der Waals surface area contributed by atoms with Gasteiger partial charge in [0.1, 0.15) is 6.04 Å². The number of benzene rings is 1. The number of halogens is 3. The highest BCUT2D eigenvalue weighted by molar-refractivity contribution is 5.73. The van der Waals surface area contributed by atoms with Crippen LogP contribution in [-0.4, -0.2) is 17.1 Å². The van der Waals surface area contributed by atoms with E-state index in [1.165, 1.54) is 6.07 Å². The second-order valence-corrected chi connectivity index (χ2v) is 4.66. The van der Waals surface area contributed by atoms with Gasteiger partial charge in [-0.05, 0) is 37.0 Å². The summed E-state index contributed by atoms with van der Waals surface area (Å²) in [5, 5.41) is 11.8. The fourth-order valence-electron chi connectivity index (χ4n) is 2.33. The third-order valence-corrected chi connectivity index (χ3v) is 3.30. The first-order chi connectivity index (χ1) is 8.88. The highest BCUT2D eigenvalue weighted by atomic mass is 19.4. The number of aliphatic carboxylic acids is 1. The number of nitrogens with one attached hydrogen (secondary N) is 1. The molecule has 104 valence electrons. The first kappa shape index (κ1) is 13.9. The van der Waals surface area contributed by atoms with Crippen LogP contribution < -0.4 is 5.32 Å². The maximum atomic E-state index is 12.6. The Hall–Kier alpha value is -1.56. The van der Waals surface area contributed by atoms with E-state index in [-0.39, 0.29) is 6.04 Å². The molecule has 1 fully saturated rings. The molecule has 3 nitrogen and oxygen atoms in total. The van der Waals surface area contributed by atoms with Crippen LogP contribution in [0.4, 0.5) is 13.2 Å². The Morgan fingerprint density at radius 3 is 2.68 bits per heavy atom. The molecule has 0 saturated carbocycles. The summed E-state index contributed by atoms with van der Waals surface area (Å²) in [5.74, 6) is -0.961. The Bertz CT molecular complexity index is 473. The molecule has 1 saturated heterocycles. The maximum absolute atomic E-state index is 12.6. The molecular weight excluding hydrogens is 259 g/mol. The lowest BCUT2D eigenvalue weighted by atomic mass is 9.92. The Balaban J connectivity index is 2.20. The van der Waals surface area contributed by atoms with Crippen LogP contribution in [-0.2, 0) is 11.0 Å². The summed E-state index contributed by atoms with van der Waals surface area (Å²) >= 11 is 0. The van der Waals surface area contributed by atoms with Gasteiger partial charge in [-0.3, -0.25) is 10.1 Å². The summed E-state index contributed by atoms with van der Waals surface area (Å²) < 4.78 is 37.9. The molecule has 1 aliphatic rings. The van der Waals surface area contributed by atoms with Crippen LogP contribution in [0, 0.1) is 0 Å². The van der Waals surface area contributed by atoms with Crippen LogP contribution in [0.25, 0.3) is 0 Å². The summed E-state index contributed by atoms with van der Waals surface area (Å²) in [7, 11) is 0. The molecule has 0 bridgehead atoms. The second kappa shape index (κ2) is 5.21. The van der Waals surface area contributed by atoms with Crippen LogP contribution >= 0.6 is 0 Å². The standard InChI is InChI=1S/C13H14F3NO2/c14-13(15,16)9-4-1-3-8(7-9)10-5-2-6-11(17-10)12(18)19/h1,3-4,7,10-11,17H,2,5-6H2,(H,18,19). The zero-order valence-electron chi connectivity index (χ0n) is 10.1. The Labute approximate surface area is 108 Å². The lowest BCUT2D eigenvalue weighted by molar-refractivity contribution is -0.140. The van der Waals surface area contributed by atoms with E-state index in [0.29, 0.717) is 24.8 Å². The lowest BCUT2D eigenvalue weighted by Gasteiger charge is -2.29. The predicted octanol–water partition coefficient (Wildman–Crippen LogP) is 2.97. The monoisotopic (exact) mass is 273 g/mol. The van der Waals surface area contributed by atoms with Gasteiger partial charge in [-0.15, -0.1) is 0 Å². The van der Waals surface area contributed by atoms with Crippen LogP contribution in [0.5, 0.6) is 0 Å². The molecule has 1 aromatic carbocycles. The van der Waals surface area contributed by atoms with E-state index in [1.807, 2.05) is 0 Å². The number of rotatable bonds is 2. The van der Waals surface area contributed by atoms with Crippen molar-refractivity contribution in [2.75, 3.05) is 0 Å². The fraction of sp³-hybridized carbons (Fsp3) is 0.462. The largest absolute Gasteiger partial charge is 0.480 e. The van der Waals surface area contributed by atoms with E-state index in [2.05, 4.69) is 5.32 Å².